The molecule has 0 spiro atoms. The van der Waals surface area contributed by atoms with Gasteiger partial charge in [0.15, 0.2) is 9.84 Å². The van der Waals surface area contributed by atoms with Crippen molar-refractivity contribution in [2.24, 2.45) is 0 Å². The van der Waals surface area contributed by atoms with E-state index in [-0.39, 0.29) is 30.0 Å². The molecule has 0 aliphatic carbocycles. The molecule has 8 heteroatoms. The van der Waals surface area contributed by atoms with E-state index in [0.717, 1.165) is 5.56 Å². The Morgan fingerprint density at radius 3 is 2.33 bits per heavy atom. The third-order valence-corrected chi connectivity index (χ3v) is 7.46. The zero-order valence-corrected chi connectivity index (χ0v) is 16.7. The predicted octanol–water partition coefficient (Wildman–Crippen LogP) is 3.01. The molecule has 0 saturated carbocycles. The number of sulfone groups is 1. The van der Waals surface area contributed by atoms with Crippen molar-refractivity contribution in [3.8, 4) is 0 Å². The highest BCUT2D eigenvalue weighted by Gasteiger charge is 2.49. The number of nitrogens with zero attached hydrogens (tertiary/aromatic N) is 2. The van der Waals surface area contributed by atoms with Crippen LogP contribution in [0.15, 0.2) is 48.5 Å². The summed E-state index contributed by atoms with van der Waals surface area (Å²) in [6.45, 7) is 0.584. The molecule has 0 N–H and O–H groups in total. The third-order valence-electron chi connectivity index (χ3n) is 5.14. The van der Waals surface area contributed by atoms with E-state index in [1.54, 1.807) is 35.2 Å². The highest BCUT2D eigenvalue weighted by atomic mass is 35.5. The molecule has 1 amide bonds. The Bertz CT molecular complexity index is 979. The minimum Gasteiger partial charge on any atom is -0.306 e. The molecule has 142 valence electrons. The van der Waals surface area contributed by atoms with Gasteiger partial charge in [0, 0.05) is 28.3 Å². The SMILES string of the molecule is O=C1CN(Cc2ccccc2Cl)[C@@H]2CS(=O)(=O)C[C@H]2N1c1ccc(Cl)cc1. The number of amides is 1. The van der Waals surface area contributed by atoms with Gasteiger partial charge in [0.05, 0.1) is 24.1 Å². The van der Waals surface area contributed by atoms with Crippen LogP contribution in [0.3, 0.4) is 0 Å². The van der Waals surface area contributed by atoms with Crippen molar-refractivity contribution in [2.45, 2.75) is 18.6 Å². The molecule has 0 radical (unpaired) electrons. The minimum atomic E-state index is -3.23. The quantitative estimate of drug-likeness (QED) is 0.759. The van der Waals surface area contributed by atoms with Crippen molar-refractivity contribution in [2.75, 3.05) is 23.0 Å². The molecule has 2 aliphatic heterocycles. The molecule has 2 atom stereocenters. The van der Waals surface area contributed by atoms with Crippen LogP contribution >= 0.6 is 23.2 Å². The van der Waals surface area contributed by atoms with Crippen LogP contribution in [0.5, 0.6) is 0 Å². The molecule has 0 unspecified atom stereocenters. The summed E-state index contributed by atoms with van der Waals surface area (Å²) >= 11 is 12.2. The summed E-state index contributed by atoms with van der Waals surface area (Å²) in [6.07, 6.45) is 0. The average Bonchev–Trinajstić information content (AvgIpc) is 2.93. The molecule has 27 heavy (non-hydrogen) atoms. The van der Waals surface area contributed by atoms with E-state index >= 15 is 0 Å². The largest absolute Gasteiger partial charge is 0.306 e. The van der Waals surface area contributed by atoms with E-state index < -0.39 is 15.9 Å². The van der Waals surface area contributed by atoms with Crippen LogP contribution < -0.4 is 4.90 Å². The number of halogens is 2. The molecular formula is C19H18Cl2N2O3S. The number of hydrogen-bond acceptors (Lipinski definition) is 4. The number of benzene rings is 2. The lowest BCUT2D eigenvalue weighted by atomic mass is 10.0. The van der Waals surface area contributed by atoms with Crippen molar-refractivity contribution in [3.05, 3.63) is 64.1 Å². The van der Waals surface area contributed by atoms with Gasteiger partial charge >= 0.3 is 0 Å². The maximum Gasteiger partial charge on any atom is 0.241 e. The average molecular weight is 425 g/mol. The molecule has 2 heterocycles. The summed E-state index contributed by atoms with van der Waals surface area (Å²) in [4.78, 5) is 16.5. The monoisotopic (exact) mass is 424 g/mol. The second-order valence-corrected chi connectivity index (χ2v) is 9.95. The molecule has 2 fully saturated rings. The van der Waals surface area contributed by atoms with Crippen molar-refractivity contribution in [1.82, 2.24) is 4.90 Å². The molecule has 2 saturated heterocycles. The molecule has 0 aromatic heterocycles. The summed E-state index contributed by atoms with van der Waals surface area (Å²) in [5.41, 5.74) is 1.56. The van der Waals surface area contributed by atoms with Gasteiger partial charge in [-0.1, -0.05) is 41.4 Å². The van der Waals surface area contributed by atoms with Crippen molar-refractivity contribution in [3.63, 3.8) is 0 Å². The fourth-order valence-corrected chi connectivity index (χ4v) is 6.22. The summed E-state index contributed by atoms with van der Waals surface area (Å²) < 4.78 is 24.8. The molecule has 4 rings (SSSR count). The van der Waals surface area contributed by atoms with Crippen LogP contribution in [0.1, 0.15) is 5.56 Å². The summed E-state index contributed by atoms with van der Waals surface area (Å²) in [5, 5.41) is 1.18. The smallest absolute Gasteiger partial charge is 0.241 e. The first-order valence-corrected chi connectivity index (χ1v) is 11.2. The number of piperazine rings is 1. The number of anilines is 1. The summed E-state index contributed by atoms with van der Waals surface area (Å²) in [5.74, 6) is -0.118. The maximum absolute atomic E-state index is 12.9. The maximum atomic E-state index is 12.9. The number of fused-ring (bicyclic) bond motifs is 1. The zero-order valence-electron chi connectivity index (χ0n) is 14.4. The number of carbonyl (C=O) groups excluding carboxylic acids is 1. The second kappa shape index (κ2) is 7.09. The fraction of sp³-hybridized carbons (Fsp3) is 0.316. The lowest BCUT2D eigenvalue weighted by molar-refractivity contribution is -0.123. The standard InChI is InChI=1S/C19H18Cl2N2O3S/c20-14-5-7-15(8-6-14)23-18-12-27(25,26)11-17(18)22(10-19(23)24)9-13-3-1-2-4-16(13)21/h1-8,17-18H,9-12H2/t17-,18-/m1/s1. The van der Waals surface area contributed by atoms with Gasteiger partial charge in [-0.25, -0.2) is 8.42 Å². The Balaban J connectivity index is 1.68. The second-order valence-electron chi connectivity index (χ2n) is 6.95. The first-order chi connectivity index (χ1) is 12.8. The predicted molar refractivity (Wildman–Crippen MR) is 107 cm³/mol. The van der Waals surface area contributed by atoms with Crippen LogP contribution in [0, 0.1) is 0 Å². The van der Waals surface area contributed by atoms with Crippen molar-refractivity contribution < 1.29 is 13.2 Å². The molecule has 2 aliphatic rings. The highest BCUT2D eigenvalue weighted by molar-refractivity contribution is 7.91. The molecule has 2 aromatic carbocycles. The minimum absolute atomic E-state index is 0.0367. The van der Waals surface area contributed by atoms with Crippen molar-refractivity contribution in [1.29, 1.82) is 0 Å². The third kappa shape index (κ3) is 3.72. The van der Waals surface area contributed by atoms with E-state index in [1.807, 2.05) is 23.1 Å². The van der Waals surface area contributed by atoms with Gasteiger partial charge in [0.25, 0.3) is 0 Å². The molecular weight excluding hydrogens is 407 g/mol. The zero-order chi connectivity index (χ0) is 19.2. The Kier molecular flexibility index (Phi) is 4.93. The van der Waals surface area contributed by atoms with Crippen molar-refractivity contribution >= 4 is 44.6 Å². The lowest BCUT2D eigenvalue weighted by Gasteiger charge is -2.43. The van der Waals surface area contributed by atoms with E-state index in [0.29, 0.717) is 22.3 Å². The van der Waals surface area contributed by atoms with E-state index in [1.165, 1.54) is 0 Å². The Labute approximate surface area is 168 Å². The van der Waals surface area contributed by atoms with Crippen LogP contribution in [-0.4, -0.2) is 49.4 Å². The van der Waals surface area contributed by atoms with Gasteiger partial charge in [-0.05, 0) is 35.9 Å². The molecule has 5 nitrogen and oxygen atoms in total. The lowest BCUT2D eigenvalue weighted by Crippen LogP contribution is -2.61. The molecule has 0 bridgehead atoms. The van der Waals surface area contributed by atoms with Gasteiger partial charge in [-0.2, -0.15) is 0 Å². The van der Waals surface area contributed by atoms with Crippen LogP contribution in [0.25, 0.3) is 0 Å². The van der Waals surface area contributed by atoms with Gasteiger partial charge < -0.3 is 4.90 Å². The number of rotatable bonds is 3. The first-order valence-electron chi connectivity index (χ1n) is 8.59. The number of carbonyl (C=O) groups is 1. The first kappa shape index (κ1) is 18.7. The Hall–Kier alpha value is -1.60. The van der Waals surface area contributed by atoms with E-state index in [9.17, 15) is 13.2 Å². The van der Waals surface area contributed by atoms with E-state index in [4.69, 9.17) is 23.2 Å². The number of hydrogen-bond donors (Lipinski definition) is 0. The van der Waals surface area contributed by atoms with Gasteiger partial charge in [-0.15, -0.1) is 0 Å². The topological polar surface area (TPSA) is 57.7 Å². The molecule has 2 aromatic rings. The highest BCUT2D eigenvalue weighted by Crippen LogP contribution is 2.33. The van der Waals surface area contributed by atoms with Crippen LogP contribution in [-0.2, 0) is 21.2 Å². The van der Waals surface area contributed by atoms with Gasteiger partial charge in [0.2, 0.25) is 5.91 Å². The normalized spacial score (nSPS) is 24.8. The van der Waals surface area contributed by atoms with Crippen LogP contribution in [0.2, 0.25) is 10.0 Å². The summed E-state index contributed by atoms with van der Waals surface area (Å²) in [6, 6.07) is 13.7. The van der Waals surface area contributed by atoms with Crippen LogP contribution in [0.4, 0.5) is 5.69 Å². The van der Waals surface area contributed by atoms with E-state index in [2.05, 4.69) is 0 Å². The Morgan fingerprint density at radius 2 is 1.63 bits per heavy atom. The Morgan fingerprint density at radius 1 is 0.963 bits per heavy atom. The fourth-order valence-electron chi connectivity index (χ4n) is 3.91. The van der Waals surface area contributed by atoms with Gasteiger partial charge in [0.1, 0.15) is 0 Å². The van der Waals surface area contributed by atoms with Gasteiger partial charge in [-0.3, -0.25) is 9.69 Å². The summed E-state index contributed by atoms with van der Waals surface area (Å²) in [7, 11) is -3.23.